The minimum atomic E-state index is -0.0866. The molecule has 21 heavy (non-hydrogen) atoms. The molecule has 1 amide bonds. The monoisotopic (exact) mass is 307 g/mol. The van der Waals surface area contributed by atoms with E-state index < -0.39 is 0 Å². The lowest BCUT2D eigenvalue weighted by Gasteiger charge is -2.11. The van der Waals surface area contributed by atoms with Crippen molar-refractivity contribution >= 4 is 17.2 Å². The highest BCUT2D eigenvalue weighted by Gasteiger charge is 2.15. The summed E-state index contributed by atoms with van der Waals surface area (Å²) in [7, 11) is 0. The zero-order valence-corrected chi connectivity index (χ0v) is 12.9. The fourth-order valence-electron chi connectivity index (χ4n) is 2.27. The first kappa shape index (κ1) is 16.0. The lowest BCUT2D eigenvalue weighted by molar-refractivity contribution is 0.0582. The second-order valence-corrected chi connectivity index (χ2v) is 5.92. The number of hydrogen-bond acceptors (Lipinski definition) is 4. The maximum absolute atomic E-state index is 11.9. The van der Waals surface area contributed by atoms with Gasteiger partial charge in [-0.05, 0) is 18.9 Å². The summed E-state index contributed by atoms with van der Waals surface area (Å²) in [5.41, 5.74) is 0.633. The Hall–Kier alpha value is -1.35. The van der Waals surface area contributed by atoms with Gasteiger partial charge in [-0.2, -0.15) is 0 Å². The largest absolute Gasteiger partial charge is 0.395 e. The topological polar surface area (TPSA) is 58.6 Å². The molecule has 1 saturated carbocycles. The third-order valence-corrected chi connectivity index (χ3v) is 4.20. The van der Waals surface area contributed by atoms with Crippen molar-refractivity contribution in [3.8, 4) is 11.8 Å². The van der Waals surface area contributed by atoms with Gasteiger partial charge in [-0.15, -0.1) is 11.3 Å². The smallest absolute Gasteiger partial charge is 0.252 e. The Labute approximate surface area is 129 Å². The molecule has 1 aromatic heterocycles. The van der Waals surface area contributed by atoms with Crippen molar-refractivity contribution in [3.05, 3.63) is 21.9 Å². The lowest BCUT2D eigenvalue weighted by atomic mass is 10.3. The van der Waals surface area contributed by atoms with Crippen molar-refractivity contribution in [2.45, 2.75) is 38.2 Å². The van der Waals surface area contributed by atoms with Crippen LogP contribution in [0.25, 0.3) is 0 Å². The highest BCUT2D eigenvalue weighted by atomic mass is 32.1. The van der Waals surface area contributed by atoms with Crippen LogP contribution >= 0.6 is 11.3 Å². The van der Waals surface area contributed by atoms with Crippen LogP contribution in [-0.2, 0) is 4.74 Å². The molecular formula is C16H21NO3S. The number of hydrogen-bond donors (Lipinski definition) is 2. The first-order chi connectivity index (χ1) is 10.3. The van der Waals surface area contributed by atoms with E-state index in [1.54, 1.807) is 11.4 Å². The van der Waals surface area contributed by atoms with E-state index in [0.717, 1.165) is 17.7 Å². The van der Waals surface area contributed by atoms with Gasteiger partial charge in [0.1, 0.15) is 0 Å². The van der Waals surface area contributed by atoms with Gasteiger partial charge >= 0.3 is 0 Å². The van der Waals surface area contributed by atoms with Crippen LogP contribution < -0.4 is 5.32 Å². The molecule has 2 N–H and O–H groups in total. The minimum absolute atomic E-state index is 0.0622. The summed E-state index contributed by atoms with van der Waals surface area (Å²) in [6.45, 7) is 1.17. The Kier molecular flexibility index (Phi) is 6.74. The molecule has 0 saturated heterocycles. The van der Waals surface area contributed by atoms with Gasteiger partial charge in [-0.1, -0.05) is 24.7 Å². The fourth-order valence-corrected chi connectivity index (χ4v) is 3.03. The van der Waals surface area contributed by atoms with Crippen LogP contribution in [0.5, 0.6) is 0 Å². The second-order valence-electron chi connectivity index (χ2n) is 5.01. The van der Waals surface area contributed by atoms with Crippen molar-refractivity contribution in [3.63, 3.8) is 0 Å². The third kappa shape index (κ3) is 5.50. The number of aliphatic hydroxyl groups is 1. The molecule has 1 heterocycles. The molecule has 0 unspecified atom stereocenters. The normalized spacial score (nSPS) is 14.7. The zero-order valence-electron chi connectivity index (χ0n) is 12.1. The van der Waals surface area contributed by atoms with E-state index in [9.17, 15) is 4.79 Å². The average Bonchev–Trinajstić information content (AvgIpc) is 3.15. The van der Waals surface area contributed by atoms with Crippen LogP contribution in [0.3, 0.4) is 0 Å². The maximum atomic E-state index is 11.9. The van der Waals surface area contributed by atoms with Crippen LogP contribution in [0.1, 0.15) is 47.3 Å². The number of nitrogens with one attached hydrogen (secondary N) is 1. The van der Waals surface area contributed by atoms with Crippen LogP contribution in [0.2, 0.25) is 0 Å². The molecule has 0 spiro atoms. The molecule has 1 aliphatic carbocycles. The summed E-state index contributed by atoms with van der Waals surface area (Å²) in [5, 5.41) is 13.3. The van der Waals surface area contributed by atoms with Crippen molar-refractivity contribution in [1.82, 2.24) is 5.32 Å². The summed E-state index contributed by atoms with van der Waals surface area (Å²) < 4.78 is 5.70. The molecule has 2 rings (SSSR count). The Morgan fingerprint density at radius 2 is 2.29 bits per heavy atom. The predicted octanol–water partition coefficient (Wildman–Crippen LogP) is 2.17. The number of ether oxygens (including phenoxy) is 1. The molecule has 0 bridgehead atoms. The van der Waals surface area contributed by atoms with Gasteiger partial charge in [0.05, 0.1) is 29.8 Å². The van der Waals surface area contributed by atoms with Gasteiger partial charge in [-0.3, -0.25) is 4.79 Å². The Morgan fingerprint density at radius 1 is 1.48 bits per heavy atom. The molecule has 4 nitrogen and oxygen atoms in total. The van der Waals surface area contributed by atoms with E-state index in [1.807, 2.05) is 0 Å². The van der Waals surface area contributed by atoms with E-state index in [0.29, 0.717) is 31.2 Å². The summed E-state index contributed by atoms with van der Waals surface area (Å²) in [4.78, 5) is 12.8. The zero-order chi connectivity index (χ0) is 14.9. The number of rotatable bonds is 6. The van der Waals surface area contributed by atoms with Gasteiger partial charge < -0.3 is 15.2 Å². The van der Waals surface area contributed by atoms with Crippen LogP contribution in [-0.4, -0.2) is 36.9 Å². The van der Waals surface area contributed by atoms with Gasteiger partial charge in [0.15, 0.2) is 0 Å². The van der Waals surface area contributed by atoms with Crippen LogP contribution in [0.4, 0.5) is 0 Å². The Morgan fingerprint density at radius 3 is 3.05 bits per heavy atom. The standard InChI is InChI=1S/C16H21NO3S/c18-9-4-3-7-15-11-13(12-21-15)16(19)17-8-10-20-14-5-1-2-6-14/h11-12,14,18H,1-2,4-6,8-10H2,(H,17,19). The molecule has 1 aliphatic rings. The number of amides is 1. The van der Waals surface area contributed by atoms with E-state index in [4.69, 9.17) is 9.84 Å². The lowest BCUT2D eigenvalue weighted by Crippen LogP contribution is -2.28. The Balaban J connectivity index is 1.69. The number of thiophene rings is 1. The second kappa shape index (κ2) is 8.83. The molecule has 1 aromatic rings. The first-order valence-corrected chi connectivity index (χ1v) is 8.25. The molecule has 114 valence electrons. The summed E-state index contributed by atoms with van der Waals surface area (Å²) in [6.07, 6.45) is 5.65. The minimum Gasteiger partial charge on any atom is -0.395 e. The number of carbonyl (C=O) groups excluding carboxylic acids is 1. The van der Waals surface area contributed by atoms with Crippen molar-refractivity contribution in [2.24, 2.45) is 0 Å². The Bertz CT molecular complexity index is 509. The van der Waals surface area contributed by atoms with Gasteiger partial charge in [0.25, 0.3) is 5.91 Å². The van der Waals surface area contributed by atoms with Crippen LogP contribution in [0, 0.1) is 11.8 Å². The molecule has 0 radical (unpaired) electrons. The van der Waals surface area contributed by atoms with E-state index in [1.165, 1.54) is 24.2 Å². The predicted molar refractivity (Wildman–Crippen MR) is 83.4 cm³/mol. The average molecular weight is 307 g/mol. The highest BCUT2D eigenvalue weighted by molar-refractivity contribution is 7.10. The van der Waals surface area contributed by atoms with Crippen molar-refractivity contribution in [2.75, 3.05) is 19.8 Å². The van der Waals surface area contributed by atoms with Gasteiger partial charge in [-0.25, -0.2) is 0 Å². The first-order valence-electron chi connectivity index (χ1n) is 7.37. The summed E-state index contributed by atoms with van der Waals surface area (Å²) in [5.74, 6) is 5.69. The van der Waals surface area contributed by atoms with E-state index >= 15 is 0 Å². The molecular weight excluding hydrogens is 286 g/mol. The fraction of sp³-hybridized carbons (Fsp3) is 0.562. The quantitative estimate of drug-likeness (QED) is 0.625. The van der Waals surface area contributed by atoms with Crippen LogP contribution in [0.15, 0.2) is 11.4 Å². The maximum Gasteiger partial charge on any atom is 0.252 e. The third-order valence-electron chi connectivity index (χ3n) is 3.35. The molecule has 1 fully saturated rings. The summed E-state index contributed by atoms with van der Waals surface area (Å²) >= 11 is 1.44. The molecule has 0 aliphatic heterocycles. The molecule has 5 heteroatoms. The van der Waals surface area contributed by atoms with Crippen molar-refractivity contribution in [1.29, 1.82) is 0 Å². The molecule has 0 aromatic carbocycles. The van der Waals surface area contributed by atoms with E-state index in [2.05, 4.69) is 17.2 Å². The van der Waals surface area contributed by atoms with Gasteiger partial charge in [0, 0.05) is 18.3 Å². The van der Waals surface area contributed by atoms with Crippen molar-refractivity contribution < 1.29 is 14.6 Å². The summed E-state index contributed by atoms with van der Waals surface area (Å²) in [6, 6.07) is 1.78. The molecule has 0 atom stereocenters. The van der Waals surface area contributed by atoms with E-state index in [-0.39, 0.29) is 12.5 Å². The number of carbonyl (C=O) groups is 1. The number of aliphatic hydroxyl groups excluding tert-OH is 1. The SMILES string of the molecule is O=C(NCCOC1CCCC1)c1csc(C#CCCO)c1. The van der Waals surface area contributed by atoms with Gasteiger partial charge in [0.2, 0.25) is 0 Å². The highest BCUT2D eigenvalue weighted by Crippen LogP contribution is 2.20.